The maximum Gasteiger partial charge on any atom is 0.276 e. The van der Waals surface area contributed by atoms with Gasteiger partial charge in [-0.1, -0.05) is 0 Å². The first-order valence-corrected chi connectivity index (χ1v) is 8.93. The normalized spacial score (nSPS) is 16.6. The summed E-state index contributed by atoms with van der Waals surface area (Å²) in [5, 5.41) is 4.54. The molecule has 1 saturated heterocycles. The summed E-state index contributed by atoms with van der Waals surface area (Å²) in [4.78, 5) is 20.7. The number of anilines is 2. The highest BCUT2D eigenvalue weighted by Crippen LogP contribution is 2.26. The summed E-state index contributed by atoms with van der Waals surface area (Å²) < 4.78 is 16.8. The Hall–Kier alpha value is -3.23. The molecule has 4 rings (SSSR count). The number of fused-ring (bicyclic) bond motifs is 1. The van der Waals surface area contributed by atoms with E-state index in [0.29, 0.717) is 43.7 Å². The van der Waals surface area contributed by atoms with Gasteiger partial charge in [0.25, 0.3) is 5.91 Å². The second-order valence-electron chi connectivity index (χ2n) is 6.33. The molecule has 0 bridgehead atoms. The van der Waals surface area contributed by atoms with Gasteiger partial charge in [-0.2, -0.15) is 0 Å². The number of nitrogens with zero attached hydrogens (tertiary/aromatic N) is 2. The monoisotopic (exact) mass is 380 g/mol. The van der Waals surface area contributed by atoms with E-state index in [1.807, 2.05) is 18.2 Å². The minimum atomic E-state index is -0.363. The van der Waals surface area contributed by atoms with Crippen LogP contribution in [0.15, 0.2) is 48.8 Å². The summed E-state index contributed by atoms with van der Waals surface area (Å²) in [6.45, 7) is 2.06. The van der Waals surface area contributed by atoms with Gasteiger partial charge in [0.15, 0.2) is 5.69 Å². The molecule has 0 spiro atoms. The van der Waals surface area contributed by atoms with E-state index in [4.69, 9.17) is 19.9 Å². The highest BCUT2D eigenvalue weighted by atomic mass is 16.6. The van der Waals surface area contributed by atoms with E-state index in [2.05, 4.69) is 15.3 Å². The maximum atomic E-state index is 12.4. The van der Waals surface area contributed by atoms with Gasteiger partial charge in [0.05, 0.1) is 25.5 Å². The number of nitrogen functional groups attached to an aromatic ring is 1. The van der Waals surface area contributed by atoms with Crippen molar-refractivity contribution in [1.29, 1.82) is 0 Å². The summed E-state index contributed by atoms with van der Waals surface area (Å²) in [7, 11) is 0. The molecule has 3 heterocycles. The molecular formula is C20H20N4O4. The van der Waals surface area contributed by atoms with Gasteiger partial charge in [0.1, 0.15) is 12.7 Å². The number of ether oxygens (including phenoxy) is 3. The highest BCUT2D eigenvalue weighted by Gasteiger charge is 2.16. The lowest BCUT2D eigenvalue weighted by Gasteiger charge is -2.22. The van der Waals surface area contributed by atoms with Gasteiger partial charge in [0.2, 0.25) is 5.88 Å². The number of pyridine rings is 2. The van der Waals surface area contributed by atoms with Crippen molar-refractivity contribution in [3.63, 3.8) is 0 Å². The van der Waals surface area contributed by atoms with E-state index in [-0.39, 0.29) is 17.7 Å². The van der Waals surface area contributed by atoms with Gasteiger partial charge in [-0.15, -0.1) is 0 Å². The number of hydrogen-bond donors (Lipinski definition) is 2. The van der Waals surface area contributed by atoms with E-state index in [0.717, 1.165) is 10.8 Å². The number of nitrogens with one attached hydrogen (secondary N) is 1. The zero-order valence-corrected chi connectivity index (χ0v) is 15.1. The predicted molar refractivity (Wildman–Crippen MR) is 104 cm³/mol. The van der Waals surface area contributed by atoms with Crippen molar-refractivity contribution in [2.24, 2.45) is 0 Å². The molecule has 1 aromatic carbocycles. The molecule has 8 nitrogen and oxygen atoms in total. The molecule has 0 aliphatic carbocycles. The average molecular weight is 380 g/mol. The average Bonchev–Trinajstić information content (AvgIpc) is 2.73. The number of rotatable bonds is 5. The standard InChI is InChI=1S/C20H20N4O4/c21-17-2-1-6-22-18(17)19(25)24-14-3-4-16-13(10-14)5-7-23-20(16)28-12-15-11-26-8-9-27-15/h1-7,10,15H,8-9,11-12,21H2,(H,24,25)/t15-/m0/s1. The Morgan fingerprint density at radius 3 is 2.96 bits per heavy atom. The van der Waals surface area contributed by atoms with Crippen molar-refractivity contribution in [1.82, 2.24) is 9.97 Å². The van der Waals surface area contributed by atoms with Gasteiger partial charge >= 0.3 is 0 Å². The molecule has 3 aromatic rings. The Morgan fingerprint density at radius 2 is 2.14 bits per heavy atom. The zero-order chi connectivity index (χ0) is 19.3. The summed E-state index contributed by atoms with van der Waals surface area (Å²) in [5.74, 6) is 0.149. The summed E-state index contributed by atoms with van der Waals surface area (Å²) in [5.41, 5.74) is 6.96. The van der Waals surface area contributed by atoms with Crippen LogP contribution < -0.4 is 15.8 Å². The van der Waals surface area contributed by atoms with Gasteiger partial charge < -0.3 is 25.3 Å². The molecule has 0 unspecified atom stereocenters. The zero-order valence-electron chi connectivity index (χ0n) is 15.1. The smallest absolute Gasteiger partial charge is 0.276 e. The van der Waals surface area contributed by atoms with E-state index in [1.165, 1.54) is 6.20 Å². The van der Waals surface area contributed by atoms with Crippen molar-refractivity contribution >= 4 is 28.1 Å². The lowest BCUT2D eigenvalue weighted by Crippen LogP contribution is -2.33. The van der Waals surface area contributed by atoms with E-state index in [1.54, 1.807) is 24.4 Å². The second-order valence-corrected chi connectivity index (χ2v) is 6.33. The second kappa shape index (κ2) is 8.20. The summed E-state index contributed by atoms with van der Waals surface area (Å²) in [6, 6.07) is 10.7. The van der Waals surface area contributed by atoms with E-state index >= 15 is 0 Å². The molecule has 0 radical (unpaired) electrons. The molecule has 1 atom stereocenters. The number of carbonyl (C=O) groups excluding carboxylic acids is 1. The molecule has 1 amide bonds. The van der Waals surface area contributed by atoms with E-state index in [9.17, 15) is 4.79 Å². The third kappa shape index (κ3) is 4.03. The first-order chi connectivity index (χ1) is 13.7. The Labute approximate surface area is 161 Å². The molecular weight excluding hydrogens is 360 g/mol. The van der Waals surface area contributed by atoms with Crippen LogP contribution in [0.5, 0.6) is 5.88 Å². The SMILES string of the molecule is Nc1cccnc1C(=O)Nc1ccc2c(OC[C@@H]3COCCO3)nccc2c1. The van der Waals surface area contributed by atoms with Crippen LogP contribution in [0, 0.1) is 0 Å². The largest absolute Gasteiger partial charge is 0.474 e. The Morgan fingerprint density at radius 1 is 1.21 bits per heavy atom. The van der Waals surface area contributed by atoms with Gasteiger partial charge in [-0.25, -0.2) is 9.97 Å². The summed E-state index contributed by atoms with van der Waals surface area (Å²) in [6.07, 6.45) is 3.09. The van der Waals surface area contributed by atoms with Crippen LogP contribution in [0.2, 0.25) is 0 Å². The van der Waals surface area contributed by atoms with Gasteiger partial charge in [-0.05, 0) is 41.8 Å². The van der Waals surface area contributed by atoms with E-state index < -0.39 is 0 Å². The van der Waals surface area contributed by atoms with Crippen LogP contribution in [-0.2, 0) is 9.47 Å². The molecule has 1 fully saturated rings. The van der Waals surface area contributed by atoms with Gasteiger partial charge in [0, 0.05) is 23.5 Å². The minimum absolute atomic E-state index is 0.104. The highest BCUT2D eigenvalue weighted by molar-refractivity contribution is 6.07. The number of aromatic nitrogens is 2. The van der Waals surface area contributed by atoms with Crippen molar-refractivity contribution in [3.05, 3.63) is 54.5 Å². The minimum Gasteiger partial charge on any atom is -0.474 e. The lowest BCUT2D eigenvalue weighted by molar-refractivity contribution is -0.101. The van der Waals surface area contributed by atoms with Crippen molar-refractivity contribution < 1.29 is 19.0 Å². The number of carbonyl (C=O) groups is 1. The molecule has 2 aromatic heterocycles. The number of hydrogen-bond acceptors (Lipinski definition) is 7. The van der Waals surface area contributed by atoms with Crippen LogP contribution in [-0.4, -0.2) is 48.4 Å². The summed E-state index contributed by atoms with van der Waals surface area (Å²) >= 11 is 0. The molecule has 0 saturated carbocycles. The molecule has 28 heavy (non-hydrogen) atoms. The molecule has 1 aliphatic heterocycles. The first kappa shape index (κ1) is 18.1. The Balaban J connectivity index is 1.50. The Bertz CT molecular complexity index is 989. The fraction of sp³-hybridized carbons (Fsp3) is 0.250. The molecule has 8 heteroatoms. The van der Waals surface area contributed by atoms with Crippen LogP contribution in [0.1, 0.15) is 10.5 Å². The van der Waals surface area contributed by atoms with Crippen LogP contribution in [0.3, 0.4) is 0 Å². The van der Waals surface area contributed by atoms with Crippen LogP contribution in [0.4, 0.5) is 11.4 Å². The predicted octanol–water partition coefficient (Wildman–Crippen LogP) is 2.26. The molecule has 1 aliphatic rings. The number of amides is 1. The van der Waals surface area contributed by atoms with Crippen LogP contribution >= 0.6 is 0 Å². The van der Waals surface area contributed by atoms with Crippen LogP contribution in [0.25, 0.3) is 10.8 Å². The fourth-order valence-electron chi connectivity index (χ4n) is 2.95. The first-order valence-electron chi connectivity index (χ1n) is 8.93. The Kier molecular flexibility index (Phi) is 5.31. The quantitative estimate of drug-likeness (QED) is 0.699. The molecule has 144 valence electrons. The van der Waals surface area contributed by atoms with Crippen molar-refractivity contribution in [3.8, 4) is 5.88 Å². The number of benzene rings is 1. The third-order valence-corrected chi connectivity index (χ3v) is 4.33. The number of nitrogens with two attached hydrogens (primary N) is 1. The topological polar surface area (TPSA) is 109 Å². The lowest BCUT2D eigenvalue weighted by atomic mass is 10.1. The van der Waals surface area contributed by atoms with Gasteiger partial charge in [-0.3, -0.25) is 4.79 Å². The van der Waals surface area contributed by atoms with Crippen molar-refractivity contribution in [2.75, 3.05) is 37.5 Å². The maximum absolute atomic E-state index is 12.4. The van der Waals surface area contributed by atoms with Crippen molar-refractivity contribution in [2.45, 2.75) is 6.10 Å². The fourth-order valence-corrected chi connectivity index (χ4v) is 2.95. The molecule has 3 N–H and O–H groups in total. The third-order valence-electron chi connectivity index (χ3n) is 4.33.